The second-order valence-corrected chi connectivity index (χ2v) is 6.93. The lowest BCUT2D eigenvalue weighted by Gasteiger charge is -2.10. The Labute approximate surface area is 169 Å². The molecule has 158 valence electrons. The molecule has 1 aliphatic rings. The van der Waals surface area contributed by atoms with Crippen LogP contribution in [0.4, 0.5) is 0 Å². The van der Waals surface area contributed by atoms with Gasteiger partial charge < -0.3 is 19.2 Å². The van der Waals surface area contributed by atoms with Crippen LogP contribution in [0.15, 0.2) is 10.8 Å². The van der Waals surface area contributed by atoms with Gasteiger partial charge in [0.2, 0.25) is 5.76 Å². The van der Waals surface area contributed by atoms with Crippen molar-refractivity contribution in [2.45, 2.75) is 52.5 Å². The molecule has 29 heavy (non-hydrogen) atoms. The van der Waals surface area contributed by atoms with Crippen molar-refractivity contribution in [3.63, 3.8) is 0 Å². The number of carbonyl (C=O) groups is 2. The summed E-state index contributed by atoms with van der Waals surface area (Å²) in [6, 6.07) is 0. The number of hydrogen-bond donors (Lipinski definition) is 1. The molecule has 0 atom stereocenters. The van der Waals surface area contributed by atoms with E-state index in [0.717, 1.165) is 24.2 Å². The molecule has 0 aliphatic carbocycles. The molecule has 2 aromatic rings. The molecule has 2 aromatic heterocycles. The number of ether oxygens (including phenoxy) is 2. The Hall–Kier alpha value is -2.68. The standard InChI is InChI=1S/C20H28N4O5/c1-3-15-17-16(7-4-10-27-11-5-8-21-19(17)25)24(23-15)9-6-12-28-20(26)18-14(2)22-13-29-18/h13H,3-12H2,1-2H3,(H,21,25). The average Bonchev–Trinajstić information content (AvgIpc) is 3.29. The van der Waals surface area contributed by atoms with Gasteiger partial charge in [0.25, 0.3) is 5.91 Å². The smallest absolute Gasteiger partial charge is 0.376 e. The van der Waals surface area contributed by atoms with Crippen LogP contribution < -0.4 is 5.32 Å². The van der Waals surface area contributed by atoms with Gasteiger partial charge in [-0.05, 0) is 32.6 Å². The largest absolute Gasteiger partial charge is 0.460 e. The summed E-state index contributed by atoms with van der Waals surface area (Å²) in [6.45, 7) is 6.37. The molecular weight excluding hydrogens is 376 g/mol. The van der Waals surface area contributed by atoms with Gasteiger partial charge in [-0.1, -0.05) is 6.92 Å². The van der Waals surface area contributed by atoms with E-state index in [9.17, 15) is 9.59 Å². The number of oxazole rings is 1. The highest BCUT2D eigenvalue weighted by molar-refractivity contribution is 5.96. The fourth-order valence-electron chi connectivity index (χ4n) is 3.35. The van der Waals surface area contributed by atoms with E-state index in [1.165, 1.54) is 6.39 Å². The summed E-state index contributed by atoms with van der Waals surface area (Å²) >= 11 is 0. The third kappa shape index (κ3) is 5.23. The van der Waals surface area contributed by atoms with Crippen molar-refractivity contribution in [3.8, 4) is 0 Å². The van der Waals surface area contributed by atoms with Crippen LogP contribution in [0.25, 0.3) is 0 Å². The Morgan fingerprint density at radius 1 is 1.34 bits per heavy atom. The van der Waals surface area contributed by atoms with Gasteiger partial charge in [0.15, 0.2) is 6.39 Å². The maximum absolute atomic E-state index is 12.7. The quantitative estimate of drug-likeness (QED) is 0.580. The summed E-state index contributed by atoms with van der Waals surface area (Å²) < 4.78 is 17.8. The van der Waals surface area contributed by atoms with Crippen molar-refractivity contribution >= 4 is 11.9 Å². The van der Waals surface area contributed by atoms with Crippen molar-refractivity contribution in [1.29, 1.82) is 0 Å². The van der Waals surface area contributed by atoms with Crippen LogP contribution in [0.2, 0.25) is 0 Å². The summed E-state index contributed by atoms with van der Waals surface area (Å²) in [4.78, 5) is 28.6. The summed E-state index contributed by atoms with van der Waals surface area (Å²) in [6.07, 6.45) is 4.82. The van der Waals surface area contributed by atoms with Gasteiger partial charge in [-0.2, -0.15) is 5.10 Å². The molecule has 1 amide bonds. The molecule has 0 saturated heterocycles. The van der Waals surface area contributed by atoms with E-state index in [0.29, 0.717) is 56.8 Å². The van der Waals surface area contributed by atoms with Gasteiger partial charge in [-0.15, -0.1) is 0 Å². The first-order valence-electron chi connectivity index (χ1n) is 10.1. The monoisotopic (exact) mass is 404 g/mol. The highest BCUT2D eigenvalue weighted by Crippen LogP contribution is 2.19. The van der Waals surface area contributed by atoms with Crippen molar-refractivity contribution in [1.82, 2.24) is 20.1 Å². The van der Waals surface area contributed by atoms with Crippen LogP contribution in [-0.2, 0) is 28.9 Å². The van der Waals surface area contributed by atoms with E-state index < -0.39 is 5.97 Å². The molecular formula is C20H28N4O5. The lowest BCUT2D eigenvalue weighted by atomic mass is 10.1. The van der Waals surface area contributed by atoms with Gasteiger partial charge >= 0.3 is 5.97 Å². The first-order chi connectivity index (χ1) is 14.1. The number of aromatic nitrogens is 3. The number of nitrogens with one attached hydrogen (secondary N) is 1. The third-order valence-electron chi connectivity index (χ3n) is 4.82. The van der Waals surface area contributed by atoms with E-state index in [1.807, 2.05) is 11.6 Å². The minimum Gasteiger partial charge on any atom is -0.460 e. The Kier molecular flexibility index (Phi) is 7.40. The number of nitrogens with zero attached hydrogens (tertiary/aromatic N) is 3. The van der Waals surface area contributed by atoms with E-state index in [-0.39, 0.29) is 18.3 Å². The first kappa shape index (κ1) is 21.0. The molecule has 0 saturated carbocycles. The third-order valence-corrected chi connectivity index (χ3v) is 4.82. The van der Waals surface area contributed by atoms with E-state index in [1.54, 1.807) is 6.92 Å². The molecule has 1 aliphatic heterocycles. The summed E-state index contributed by atoms with van der Waals surface area (Å²) in [5, 5.41) is 7.62. The van der Waals surface area contributed by atoms with Crippen LogP contribution in [0.3, 0.4) is 0 Å². The van der Waals surface area contributed by atoms with Gasteiger partial charge in [-0.25, -0.2) is 9.78 Å². The van der Waals surface area contributed by atoms with Crippen molar-refractivity contribution in [2.24, 2.45) is 0 Å². The van der Waals surface area contributed by atoms with E-state index >= 15 is 0 Å². The summed E-state index contributed by atoms with van der Waals surface area (Å²) in [5.74, 6) is -0.467. The first-order valence-corrected chi connectivity index (χ1v) is 10.1. The van der Waals surface area contributed by atoms with Crippen molar-refractivity contribution in [3.05, 3.63) is 34.8 Å². The van der Waals surface area contributed by atoms with Gasteiger partial charge in [0, 0.05) is 32.7 Å². The molecule has 1 N–H and O–H groups in total. The summed E-state index contributed by atoms with van der Waals surface area (Å²) in [7, 11) is 0. The minimum absolute atomic E-state index is 0.0720. The van der Waals surface area contributed by atoms with Crippen LogP contribution in [0, 0.1) is 6.92 Å². The zero-order valence-corrected chi connectivity index (χ0v) is 17.0. The number of rotatable bonds is 6. The Morgan fingerprint density at radius 2 is 2.17 bits per heavy atom. The molecule has 3 heterocycles. The topological polar surface area (TPSA) is 108 Å². The SMILES string of the molecule is CCc1nn(CCCOC(=O)c2ocnc2C)c2c1C(=O)NCCCOCCC2. The highest BCUT2D eigenvalue weighted by atomic mass is 16.5. The van der Waals surface area contributed by atoms with E-state index in [2.05, 4.69) is 15.4 Å². The maximum atomic E-state index is 12.7. The number of amides is 1. The number of hydrogen-bond acceptors (Lipinski definition) is 7. The van der Waals surface area contributed by atoms with Crippen molar-refractivity contribution in [2.75, 3.05) is 26.4 Å². The average molecular weight is 404 g/mol. The zero-order chi connectivity index (χ0) is 20.6. The molecule has 0 spiro atoms. The molecule has 0 radical (unpaired) electrons. The minimum atomic E-state index is -0.523. The van der Waals surface area contributed by atoms with Crippen LogP contribution in [0.1, 0.15) is 64.2 Å². The molecule has 0 bridgehead atoms. The van der Waals surface area contributed by atoms with Crippen molar-refractivity contribution < 1.29 is 23.5 Å². The zero-order valence-electron chi connectivity index (χ0n) is 17.0. The number of carbonyl (C=O) groups excluding carboxylic acids is 2. The highest BCUT2D eigenvalue weighted by Gasteiger charge is 2.23. The molecule has 0 unspecified atom stereocenters. The van der Waals surface area contributed by atoms with E-state index in [4.69, 9.17) is 13.9 Å². The molecule has 9 nitrogen and oxygen atoms in total. The van der Waals surface area contributed by atoms with Gasteiger partial charge in [0.1, 0.15) is 0 Å². The second kappa shape index (κ2) is 10.2. The number of aryl methyl sites for hydroxylation is 3. The van der Waals surface area contributed by atoms with Crippen LogP contribution >= 0.6 is 0 Å². The molecule has 9 heteroatoms. The predicted molar refractivity (Wildman–Crippen MR) is 104 cm³/mol. The van der Waals surface area contributed by atoms with Crippen LogP contribution in [0.5, 0.6) is 0 Å². The molecule has 0 aromatic carbocycles. The molecule has 3 rings (SSSR count). The van der Waals surface area contributed by atoms with Gasteiger partial charge in [0.05, 0.1) is 29.3 Å². The summed E-state index contributed by atoms with van der Waals surface area (Å²) in [5.41, 5.74) is 2.91. The Balaban J connectivity index is 1.66. The van der Waals surface area contributed by atoms with Crippen LogP contribution in [-0.4, -0.2) is 53.0 Å². The lowest BCUT2D eigenvalue weighted by molar-refractivity contribution is 0.0457. The molecule has 0 fully saturated rings. The predicted octanol–water partition coefficient (Wildman–Crippen LogP) is 2.07. The fourth-order valence-corrected chi connectivity index (χ4v) is 3.35. The number of fused-ring (bicyclic) bond motifs is 1. The number of esters is 1. The Bertz CT molecular complexity index is 842. The second-order valence-electron chi connectivity index (χ2n) is 6.93. The maximum Gasteiger partial charge on any atom is 0.376 e. The fraction of sp³-hybridized carbons (Fsp3) is 0.600. The Morgan fingerprint density at radius 3 is 2.93 bits per heavy atom. The normalized spacial score (nSPS) is 15.3. The van der Waals surface area contributed by atoms with Gasteiger partial charge in [-0.3, -0.25) is 9.48 Å². The lowest BCUT2D eigenvalue weighted by Crippen LogP contribution is -2.26.